The lowest BCUT2D eigenvalue weighted by molar-refractivity contribution is -0.123. The van der Waals surface area contributed by atoms with Gasteiger partial charge in [-0.25, -0.2) is 0 Å². The van der Waals surface area contributed by atoms with Gasteiger partial charge in [-0.05, 0) is 17.2 Å². The van der Waals surface area contributed by atoms with Crippen molar-refractivity contribution in [2.45, 2.75) is 25.9 Å². The number of allylic oxidation sites excluding steroid dienone is 2. The molecule has 1 aromatic rings. The van der Waals surface area contributed by atoms with Crippen molar-refractivity contribution in [1.29, 1.82) is 0 Å². The molecule has 2 N–H and O–H groups in total. The number of nitrogens with one attached hydrogen (secondary N) is 2. The summed E-state index contributed by atoms with van der Waals surface area (Å²) < 4.78 is 0. The monoisotopic (exact) mass is 270 g/mol. The SMILES string of the molecule is CC(=O)NC1(NC(C)=O)C=CC(c2ccccc2)=CC1. The van der Waals surface area contributed by atoms with Crippen LogP contribution in [0.25, 0.3) is 5.57 Å². The van der Waals surface area contributed by atoms with Crippen LogP contribution in [0.15, 0.2) is 48.6 Å². The number of amides is 2. The smallest absolute Gasteiger partial charge is 0.218 e. The van der Waals surface area contributed by atoms with E-state index in [1.54, 1.807) is 0 Å². The molecule has 0 heterocycles. The van der Waals surface area contributed by atoms with Crippen molar-refractivity contribution in [2.24, 2.45) is 0 Å². The van der Waals surface area contributed by atoms with Crippen LogP contribution in [0.1, 0.15) is 25.8 Å². The Bertz CT molecular complexity index is 557. The average molecular weight is 270 g/mol. The Morgan fingerprint density at radius 2 is 1.65 bits per heavy atom. The van der Waals surface area contributed by atoms with E-state index in [9.17, 15) is 9.59 Å². The maximum absolute atomic E-state index is 11.3. The molecule has 2 rings (SSSR count). The van der Waals surface area contributed by atoms with Gasteiger partial charge < -0.3 is 10.6 Å². The molecule has 4 nitrogen and oxygen atoms in total. The summed E-state index contributed by atoms with van der Waals surface area (Å²) in [5, 5.41) is 5.59. The summed E-state index contributed by atoms with van der Waals surface area (Å²) >= 11 is 0. The summed E-state index contributed by atoms with van der Waals surface area (Å²) in [6.45, 7) is 2.88. The second-order valence-electron chi connectivity index (χ2n) is 4.90. The average Bonchev–Trinajstić information content (AvgIpc) is 2.39. The molecule has 0 saturated heterocycles. The summed E-state index contributed by atoms with van der Waals surface area (Å²) in [5.74, 6) is -0.361. The molecular weight excluding hydrogens is 252 g/mol. The van der Waals surface area contributed by atoms with E-state index in [1.807, 2.05) is 48.6 Å². The number of rotatable bonds is 3. The van der Waals surface area contributed by atoms with Crippen molar-refractivity contribution in [3.05, 3.63) is 54.1 Å². The zero-order valence-corrected chi connectivity index (χ0v) is 11.6. The summed E-state index contributed by atoms with van der Waals surface area (Å²) in [6, 6.07) is 9.98. The topological polar surface area (TPSA) is 58.2 Å². The van der Waals surface area contributed by atoms with Crippen LogP contribution < -0.4 is 10.6 Å². The second-order valence-corrected chi connectivity index (χ2v) is 4.90. The van der Waals surface area contributed by atoms with Crippen molar-refractivity contribution >= 4 is 17.4 Å². The van der Waals surface area contributed by atoms with Crippen LogP contribution in [-0.2, 0) is 9.59 Å². The second kappa shape index (κ2) is 5.74. The molecule has 2 amide bonds. The summed E-state index contributed by atoms with van der Waals surface area (Å²) in [4.78, 5) is 22.7. The lowest BCUT2D eigenvalue weighted by Gasteiger charge is -2.33. The molecule has 0 spiro atoms. The molecule has 1 aromatic carbocycles. The molecular formula is C16H18N2O2. The highest BCUT2D eigenvalue weighted by atomic mass is 16.2. The van der Waals surface area contributed by atoms with Gasteiger partial charge in [-0.15, -0.1) is 0 Å². The van der Waals surface area contributed by atoms with Crippen LogP contribution in [0.4, 0.5) is 0 Å². The van der Waals surface area contributed by atoms with Gasteiger partial charge >= 0.3 is 0 Å². The lowest BCUT2D eigenvalue weighted by Crippen LogP contribution is -2.58. The van der Waals surface area contributed by atoms with Gasteiger partial charge in [-0.1, -0.05) is 42.5 Å². The summed E-state index contributed by atoms with van der Waals surface area (Å²) in [5.41, 5.74) is 1.37. The molecule has 0 fully saturated rings. The minimum atomic E-state index is -0.823. The molecule has 0 radical (unpaired) electrons. The third kappa shape index (κ3) is 3.35. The molecule has 0 aliphatic heterocycles. The van der Waals surface area contributed by atoms with Crippen molar-refractivity contribution in [1.82, 2.24) is 10.6 Å². The predicted molar refractivity (Wildman–Crippen MR) is 78.5 cm³/mol. The number of hydrogen-bond donors (Lipinski definition) is 2. The van der Waals surface area contributed by atoms with Crippen molar-refractivity contribution in [2.75, 3.05) is 0 Å². The van der Waals surface area contributed by atoms with E-state index in [0.29, 0.717) is 6.42 Å². The number of carbonyl (C=O) groups is 2. The molecule has 104 valence electrons. The van der Waals surface area contributed by atoms with Gasteiger partial charge in [0.1, 0.15) is 5.66 Å². The van der Waals surface area contributed by atoms with Crippen LogP contribution in [0.5, 0.6) is 0 Å². The normalized spacial score (nSPS) is 16.2. The highest BCUT2D eigenvalue weighted by Crippen LogP contribution is 2.25. The Hall–Kier alpha value is -2.36. The molecule has 0 unspecified atom stereocenters. The van der Waals surface area contributed by atoms with E-state index >= 15 is 0 Å². The van der Waals surface area contributed by atoms with Gasteiger partial charge in [0, 0.05) is 20.3 Å². The highest BCUT2D eigenvalue weighted by molar-refractivity contribution is 5.81. The Balaban J connectivity index is 2.21. The molecule has 1 aliphatic rings. The zero-order chi connectivity index (χ0) is 14.6. The largest absolute Gasteiger partial charge is 0.330 e. The maximum atomic E-state index is 11.3. The molecule has 0 bridgehead atoms. The minimum Gasteiger partial charge on any atom is -0.330 e. The van der Waals surface area contributed by atoms with Crippen molar-refractivity contribution in [3.63, 3.8) is 0 Å². The molecule has 1 aliphatic carbocycles. The van der Waals surface area contributed by atoms with E-state index < -0.39 is 5.66 Å². The Morgan fingerprint density at radius 1 is 1.05 bits per heavy atom. The Morgan fingerprint density at radius 3 is 2.10 bits per heavy atom. The van der Waals surface area contributed by atoms with Gasteiger partial charge in [0.05, 0.1) is 0 Å². The van der Waals surface area contributed by atoms with E-state index in [2.05, 4.69) is 10.6 Å². The fraction of sp³-hybridized carbons (Fsp3) is 0.250. The lowest BCUT2D eigenvalue weighted by atomic mass is 9.92. The fourth-order valence-corrected chi connectivity index (χ4v) is 2.33. The fourth-order valence-electron chi connectivity index (χ4n) is 2.33. The quantitative estimate of drug-likeness (QED) is 0.825. The molecule has 0 atom stereocenters. The van der Waals surface area contributed by atoms with Gasteiger partial charge in [-0.3, -0.25) is 9.59 Å². The first-order valence-electron chi connectivity index (χ1n) is 6.53. The highest BCUT2D eigenvalue weighted by Gasteiger charge is 2.30. The van der Waals surface area contributed by atoms with E-state index in [1.165, 1.54) is 13.8 Å². The molecule has 20 heavy (non-hydrogen) atoms. The number of hydrogen-bond acceptors (Lipinski definition) is 2. The molecule has 4 heteroatoms. The van der Waals surface area contributed by atoms with Gasteiger partial charge in [0.2, 0.25) is 11.8 Å². The van der Waals surface area contributed by atoms with Gasteiger partial charge in [0.25, 0.3) is 0 Å². The van der Waals surface area contributed by atoms with Crippen molar-refractivity contribution < 1.29 is 9.59 Å². The standard InChI is InChI=1S/C16H18N2O2/c1-12(19)17-16(18-13(2)20)10-8-15(9-11-16)14-6-4-3-5-7-14/h3-10H,11H2,1-2H3,(H,17,19)(H,18,20). The van der Waals surface area contributed by atoms with Crippen LogP contribution in [0.3, 0.4) is 0 Å². The maximum Gasteiger partial charge on any atom is 0.218 e. The van der Waals surface area contributed by atoms with E-state index in [4.69, 9.17) is 0 Å². The summed E-state index contributed by atoms with van der Waals surface area (Å²) in [6.07, 6.45) is 6.29. The van der Waals surface area contributed by atoms with Gasteiger partial charge in [-0.2, -0.15) is 0 Å². The Kier molecular flexibility index (Phi) is 4.03. The minimum absolute atomic E-state index is 0.181. The van der Waals surface area contributed by atoms with Crippen molar-refractivity contribution in [3.8, 4) is 0 Å². The van der Waals surface area contributed by atoms with Crippen LogP contribution >= 0.6 is 0 Å². The van der Waals surface area contributed by atoms with E-state index in [-0.39, 0.29) is 11.8 Å². The third-order valence-corrected chi connectivity index (χ3v) is 3.10. The van der Waals surface area contributed by atoms with Gasteiger partial charge in [0.15, 0.2) is 0 Å². The number of benzene rings is 1. The summed E-state index contributed by atoms with van der Waals surface area (Å²) in [7, 11) is 0. The Labute approximate surface area is 118 Å². The zero-order valence-electron chi connectivity index (χ0n) is 11.6. The van der Waals surface area contributed by atoms with Crippen LogP contribution in [0, 0.1) is 0 Å². The first-order chi connectivity index (χ1) is 9.51. The molecule has 0 aromatic heterocycles. The third-order valence-electron chi connectivity index (χ3n) is 3.10. The number of carbonyl (C=O) groups excluding carboxylic acids is 2. The predicted octanol–water partition coefficient (Wildman–Crippen LogP) is 2.00. The first kappa shape index (κ1) is 14.1. The van der Waals surface area contributed by atoms with E-state index in [0.717, 1.165) is 11.1 Å². The van der Waals surface area contributed by atoms with Crippen LogP contribution in [0.2, 0.25) is 0 Å². The first-order valence-corrected chi connectivity index (χ1v) is 6.53. The van der Waals surface area contributed by atoms with Crippen LogP contribution in [-0.4, -0.2) is 17.5 Å². The molecule has 0 saturated carbocycles.